The van der Waals surface area contributed by atoms with Gasteiger partial charge in [0.05, 0.1) is 18.0 Å². The highest BCUT2D eigenvalue weighted by Crippen LogP contribution is 2.51. The van der Waals surface area contributed by atoms with Crippen LogP contribution < -0.4 is 0 Å². The lowest BCUT2D eigenvalue weighted by molar-refractivity contribution is -0.143. The van der Waals surface area contributed by atoms with E-state index >= 15 is 0 Å². The Hall–Kier alpha value is -1.29. The number of esters is 1. The minimum Gasteiger partial charge on any atom is -0.468 e. The van der Waals surface area contributed by atoms with Gasteiger partial charge in [0.1, 0.15) is 0 Å². The minimum atomic E-state index is -0.377. The predicted octanol–water partition coefficient (Wildman–Crippen LogP) is 3.55. The van der Waals surface area contributed by atoms with E-state index in [-0.39, 0.29) is 11.4 Å². The predicted molar refractivity (Wildman–Crippen MR) is 80.9 cm³/mol. The van der Waals surface area contributed by atoms with Gasteiger partial charge in [0.15, 0.2) is 0 Å². The van der Waals surface area contributed by atoms with E-state index in [0.29, 0.717) is 0 Å². The third-order valence-corrected chi connectivity index (χ3v) is 5.36. The van der Waals surface area contributed by atoms with Gasteiger partial charge in [-0.15, -0.1) is 0 Å². The largest absolute Gasteiger partial charge is 0.468 e. The number of hydrogen-bond acceptors (Lipinski definition) is 2. The molecule has 104 valence electrons. The number of nitrogens with zero attached hydrogens (tertiary/aromatic N) is 1. The van der Waals surface area contributed by atoms with E-state index in [1.165, 1.54) is 23.6 Å². The van der Waals surface area contributed by atoms with Crippen LogP contribution in [0.3, 0.4) is 0 Å². The Bertz CT molecular complexity index is 728. The zero-order valence-corrected chi connectivity index (χ0v) is 13.0. The molecule has 0 saturated heterocycles. The zero-order valence-electron chi connectivity index (χ0n) is 11.4. The third-order valence-electron chi connectivity index (χ3n) is 4.73. The highest BCUT2D eigenvalue weighted by Gasteiger charge is 2.52. The Morgan fingerprint density at radius 1 is 1.40 bits per heavy atom. The highest BCUT2D eigenvalue weighted by atomic mass is 79.9. The van der Waals surface area contributed by atoms with Crippen LogP contribution in [0.15, 0.2) is 22.8 Å². The van der Waals surface area contributed by atoms with Crippen LogP contribution in [-0.4, -0.2) is 17.6 Å². The van der Waals surface area contributed by atoms with E-state index in [1.54, 1.807) is 0 Å². The first-order valence-corrected chi connectivity index (χ1v) is 7.85. The average molecular weight is 334 g/mol. The molecule has 3 nitrogen and oxygen atoms in total. The van der Waals surface area contributed by atoms with Gasteiger partial charge in [0.25, 0.3) is 0 Å². The Labute approximate surface area is 126 Å². The normalized spacial score (nSPS) is 19.1. The molecule has 1 aromatic carbocycles. The number of aryl methyl sites for hydroxylation is 2. The second-order valence-corrected chi connectivity index (χ2v) is 6.73. The molecule has 2 aromatic rings. The van der Waals surface area contributed by atoms with E-state index in [9.17, 15) is 4.79 Å². The molecule has 1 aliphatic heterocycles. The highest BCUT2D eigenvalue weighted by molar-refractivity contribution is 9.10. The number of rotatable bonds is 2. The van der Waals surface area contributed by atoms with Crippen molar-refractivity contribution < 1.29 is 9.53 Å². The molecule has 2 heterocycles. The summed E-state index contributed by atoms with van der Waals surface area (Å²) in [6.07, 6.45) is 6.23. The number of hydrogen-bond donors (Lipinski definition) is 0. The Kier molecular flexibility index (Phi) is 2.56. The van der Waals surface area contributed by atoms with E-state index in [1.807, 2.05) is 0 Å². The van der Waals surface area contributed by atoms with E-state index < -0.39 is 0 Å². The first-order valence-electron chi connectivity index (χ1n) is 7.06. The molecule has 0 atom stereocenters. The lowest BCUT2D eigenvalue weighted by Crippen LogP contribution is -2.22. The Balaban J connectivity index is 1.95. The number of benzene rings is 1. The summed E-state index contributed by atoms with van der Waals surface area (Å²) in [4.78, 5) is 12.1. The summed E-state index contributed by atoms with van der Waals surface area (Å²) in [6.45, 7) is 1.08. The monoisotopic (exact) mass is 333 g/mol. The third kappa shape index (κ3) is 1.54. The molecule has 0 unspecified atom stereocenters. The van der Waals surface area contributed by atoms with Crippen LogP contribution >= 0.6 is 15.9 Å². The summed E-state index contributed by atoms with van der Waals surface area (Å²) in [6, 6.07) is 4.41. The topological polar surface area (TPSA) is 31.2 Å². The van der Waals surface area contributed by atoms with Gasteiger partial charge >= 0.3 is 5.97 Å². The van der Waals surface area contributed by atoms with Crippen molar-refractivity contribution in [2.45, 2.75) is 37.6 Å². The fourth-order valence-electron chi connectivity index (χ4n) is 3.50. The lowest BCUT2D eigenvalue weighted by Gasteiger charge is -2.19. The summed E-state index contributed by atoms with van der Waals surface area (Å²) < 4.78 is 8.45. The quantitative estimate of drug-likeness (QED) is 0.787. The maximum Gasteiger partial charge on any atom is 0.316 e. The molecule has 4 heteroatoms. The van der Waals surface area contributed by atoms with Crippen LogP contribution in [0, 0.1) is 0 Å². The van der Waals surface area contributed by atoms with Gasteiger partial charge in [0.2, 0.25) is 0 Å². The molecule has 0 radical (unpaired) electrons. The Morgan fingerprint density at radius 3 is 2.90 bits per heavy atom. The van der Waals surface area contributed by atoms with E-state index in [4.69, 9.17) is 4.74 Å². The van der Waals surface area contributed by atoms with Crippen molar-refractivity contribution >= 4 is 32.8 Å². The molecule has 0 amide bonds. The van der Waals surface area contributed by atoms with Crippen molar-refractivity contribution in [3.05, 3.63) is 33.9 Å². The van der Waals surface area contributed by atoms with Gasteiger partial charge in [-0.25, -0.2) is 0 Å². The zero-order chi connectivity index (χ0) is 13.9. The number of carbonyl (C=O) groups excluding carboxylic acids is 1. The first-order chi connectivity index (χ1) is 9.65. The summed E-state index contributed by atoms with van der Waals surface area (Å²) in [5, 5.41) is 1.23. The molecule has 4 rings (SSSR count). The molecule has 1 aromatic heterocycles. The van der Waals surface area contributed by atoms with Crippen LogP contribution in [0.4, 0.5) is 0 Å². The van der Waals surface area contributed by atoms with Gasteiger partial charge in [-0.05, 0) is 58.8 Å². The van der Waals surface area contributed by atoms with Crippen LogP contribution in [0.2, 0.25) is 0 Å². The average Bonchev–Trinajstić information content (AvgIpc) is 3.21. The van der Waals surface area contributed by atoms with Crippen molar-refractivity contribution in [1.82, 2.24) is 4.57 Å². The number of halogens is 1. The molecule has 0 bridgehead atoms. The number of ether oxygens (including phenoxy) is 1. The molecule has 1 aliphatic carbocycles. The fourth-order valence-corrected chi connectivity index (χ4v) is 4.05. The smallest absolute Gasteiger partial charge is 0.316 e. The molecular formula is C16H16BrNO2. The SMILES string of the molecule is COC(=O)C1(c2cc3c4c(c2)c(Br)cn4CCC3)CC1. The van der Waals surface area contributed by atoms with Crippen LogP contribution in [-0.2, 0) is 27.9 Å². The van der Waals surface area contributed by atoms with Crippen LogP contribution in [0.1, 0.15) is 30.4 Å². The second kappa shape index (κ2) is 4.10. The fraction of sp³-hybridized carbons (Fsp3) is 0.438. The second-order valence-electron chi connectivity index (χ2n) is 5.88. The minimum absolute atomic E-state index is 0.0876. The molecular weight excluding hydrogens is 318 g/mol. The van der Waals surface area contributed by atoms with Gasteiger partial charge in [0, 0.05) is 22.6 Å². The van der Waals surface area contributed by atoms with Crippen molar-refractivity contribution in [3.63, 3.8) is 0 Å². The number of carbonyl (C=O) groups is 1. The lowest BCUT2D eigenvalue weighted by atomic mass is 9.91. The standard InChI is InChI=1S/C16H16BrNO2/c1-20-15(19)16(4-5-16)11-7-10-3-2-6-18-9-13(17)12(8-11)14(10)18/h7-9H,2-6H2,1H3. The van der Waals surface area contributed by atoms with Crippen molar-refractivity contribution in [2.75, 3.05) is 7.11 Å². The summed E-state index contributed by atoms with van der Waals surface area (Å²) in [5.74, 6) is -0.0876. The Morgan fingerprint density at radius 2 is 2.20 bits per heavy atom. The number of aromatic nitrogens is 1. The van der Waals surface area contributed by atoms with Gasteiger partial charge < -0.3 is 9.30 Å². The molecule has 0 spiro atoms. The van der Waals surface area contributed by atoms with Crippen molar-refractivity contribution in [3.8, 4) is 0 Å². The van der Waals surface area contributed by atoms with E-state index in [0.717, 1.165) is 42.3 Å². The van der Waals surface area contributed by atoms with Gasteiger partial charge in [-0.1, -0.05) is 6.07 Å². The maximum atomic E-state index is 12.1. The van der Waals surface area contributed by atoms with Crippen molar-refractivity contribution in [1.29, 1.82) is 0 Å². The molecule has 1 fully saturated rings. The first kappa shape index (κ1) is 12.5. The summed E-state index contributed by atoms with van der Waals surface area (Å²) in [7, 11) is 1.48. The molecule has 1 saturated carbocycles. The van der Waals surface area contributed by atoms with Crippen LogP contribution in [0.5, 0.6) is 0 Å². The van der Waals surface area contributed by atoms with Crippen molar-refractivity contribution in [2.24, 2.45) is 0 Å². The van der Waals surface area contributed by atoms with Gasteiger partial charge in [-0.2, -0.15) is 0 Å². The maximum absolute atomic E-state index is 12.1. The van der Waals surface area contributed by atoms with E-state index in [2.05, 4.69) is 38.8 Å². The molecule has 0 N–H and O–H groups in total. The van der Waals surface area contributed by atoms with Gasteiger partial charge in [-0.3, -0.25) is 4.79 Å². The number of methoxy groups -OCH3 is 1. The summed E-state index contributed by atoms with van der Waals surface area (Å²) >= 11 is 3.66. The molecule has 20 heavy (non-hydrogen) atoms. The van der Waals surface area contributed by atoms with Crippen LogP contribution in [0.25, 0.3) is 10.9 Å². The molecule has 2 aliphatic rings. The summed E-state index contributed by atoms with van der Waals surface area (Å²) in [5.41, 5.74) is 3.45.